The van der Waals surface area contributed by atoms with Crippen LogP contribution in [-0.4, -0.2) is 0 Å². The highest BCUT2D eigenvalue weighted by atomic mass is 14.3. The first-order valence-electron chi connectivity index (χ1n) is 8.67. The second-order valence-corrected chi connectivity index (χ2v) is 6.94. The molecule has 0 spiro atoms. The third-order valence-corrected chi connectivity index (χ3v) is 5.45. The van der Waals surface area contributed by atoms with E-state index in [1.165, 1.54) is 41.7 Å². The first kappa shape index (κ1) is 13.8. The van der Waals surface area contributed by atoms with Gasteiger partial charge in [0.25, 0.3) is 0 Å². The van der Waals surface area contributed by atoms with E-state index in [1.807, 2.05) is 0 Å². The van der Waals surface area contributed by atoms with Crippen molar-refractivity contribution < 1.29 is 0 Å². The minimum absolute atomic E-state index is 0.613. The van der Waals surface area contributed by atoms with Gasteiger partial charge in [-0.2, -0.15) is 0 Å². The number of rotatable bonds is 1. The maximum absolute atomic E-state index is 2.41. The van der Waals surface area contributed by atoms with E-state index >= 15 is 0 Å². The summed E-state index contributed by atoms with van der Waals surface area (Å²) in [6.07, 6.45) is 8.79. The quantitative estimate of drug-likeness (QED) is 0.747. The van der Waals surface area contributed by atoms with E-state index in [4.69, 9.17) is 0 Å². The first-order valence-corrected chi connectivity index (χ1v) is 8.67. The monoisotopic (exact) mass is 288 g/mol. The summed E-state index contributed by atoms with van der Waals surface area (Å²) in [5, 5.41) is 2.88. The van der Waals surface area contributed by atoms with E-state index in [0.29, 0.717) is 5.92 Å². The fourth-order valence-electron chi connectivity index (χ4n) is 4.31. The lowest BCUT2D eigenvalue weighted by molar-refractivity contribution is 0.679. The molecule has 112 valence electrons. The Balaban J connectivity index is 2.09. The van der Waals surface area contributed by atoms with Gasteiger partial charge in [0.15, 0.2) is 0 Å². The molecule has 0 bridgehead atoms. The molecule has 1 atom stereocenters. The summed E-state index contributed by atoms with van der Waals surface area (Å²) >= 11 is 0. The predicted octanol–water partition coefficient (Wildman–Crippen LogP) is 3.89. The van der Waals surface area contributed by atoms with Crippen molar-refractivity contribution in [3.63, 3.8) is 0 Å². The van der Waals surface area contributed by atoms with E-state index in [-0.39, 0.29) is 0 Å². The lowest BCUT2D eigenvalue weighted by Crippen LogP contribution is -2.33. The van der Waals surface area contributed by atoms with Crippen LogP contribution in [0.2, 0.25) is 0 Å². The van der Waals surface area contributed by atoms with Crippen LogP contribution in [-0.2, 0) is 12.8 Å². The Morgan fingerprint density at radius 2 is 1.77 bits per heavy atom. The summed E-state index contributed by atoms with van der Waals surface area (Å²) in [5.41, 5.74) is 7.86. The summed E-state index contributed by atoms with van der Waals surface area (Å²) in [5.74, 6) is 0.613. The maximum Gasteiger partial charge on any atom is -0.0143 e. The molecule has 4 rings (SSSR count). The molecule has 2 aliphatic rings. The Labute approximate surface area is 133 Å². The highest BCUT2D eigenvalue weighted by molar-refractivity contribution is 5.75. The molecule has 22 heavy (non-hydrogen) atoms. The van der Waals surface area contributed by atoms with Crippen LogP contribution in [0.5, 0.6) is 0 Å². The molecule has 0 N–H and O–H groups in total. The third-order valence-electron chi connectivity index (χ3n) is 5.45. The minimum atomic E-state index is 0.613. The van der Waals surface area contributed by atoms with Gasteiger partial charge < -0.3 is 0 Å². The first-order chi connectivity index (χ1) is 10.8. The molecule has 0 nitrogen and oxygen atoms in total. The molecular weight excluding hydrogens is 264 g/mol. The molecule has 0 amide bonds. The lowest BCUT2D eigenvalue weighted by atomic mass is 9.77. The molecule has 2 aromatic rings. The van der Waals surface area contributed by atoms with Gasteiger partial charge in [0.2, 0.25) is 0 Å². The molecule has 0 saturated heterocycles. The summed E-state index contributed by atoms with van der Waals surface area (Å²) in [7, 11) is 0. The van der Waals surface area contributed by atoms with Gasteiger partial charge in [-0.1, -0.05) is 49.4 Å². The van der Waals surface area contributed by atoms with Gasteiger partial charge in [-0.3, -0.25) is 0 Å². The van der Waals surface area contributed by atoms with Crippen molar-refractivity contribution in [3.8, 4) is 0 Å². The highest BCUT2D eigenvalue weighted by Crippen LogP contribution is 2.35. The van der Waals surface area contributed by atoms with E-state index < -0.39 is 0 Å². The van der Waals surface area contributed by atoms with Gasteiger partial charge >= 0.3 is 0 Å². The van der Waals surface area contributed by atoms with Crippen LogP contribution in [0.4, 0.5) is 0 Å². The summed E-state index contributed by atoms with van der Waals surface area (Å²) in [6.45, 7) is 4.69. The second-order valence-electron chi connectivity index (χ2n) is 6.94. The molecule has 0 heterocycles. The van der Waals surface area contributed by atoms with Crippen LogP contribution >= 0.6 is 0 Å². The van der Waals surface area contributed by atoms with Crippen molar-refractivity contribution in [2.75, 3.05) is 0 Å². The predicted molar refractivity (Wildman–Crippen MR) is 94.3 cm³/mol. The molecule has 2 aliphatic carbocycles. The topological polar surface area (TPSA) is 0 Å². The Morgan fingerprint density at radius 1 is 0.955 bits per heavy atom. The normalized spacial score (nSPS) is 20.1. The number of hydrogen-bond donors (Lipinski definition) is 0. The van der Waals surface area contributed by atoms with Crippen LogP contribution < -0.4 is 10.4 Å². The highest BCUT2D eigenvalue weighted by Gasteiger charge is 2.22. The summed E-state index contributed by atoms with van der Waals surface area (Å²) in [6, 6.07) is 13.7. The van der Waals surface area contributed by atoms with Crippen LogP contribution in [0.25, 0.3) is 11.6 Å². The zero-order valence-electron chi connectivity index (χ0n) is 13.7. The molecule has 0 aliphatic heterocycles. The van der Waals surface area contributed by atoms with Gasteiger partial charge in [0.05, 0.1) is 0 Å². The SMILES string of the molecule is Cc1ccc2c(c1C1=c3ccccc3=CC[C@H]1C)CCCC2. The Hall–Kier alpha value is -1.82. The van der Waals surface area contributed by atoms with E-state index in [0.717, 1.165) is 6.42 Å². The fourth-order valence-corrected chi connectivity index (χ4v) is 4.31. The van der Waals surface area contributed by atoms with Crippen molar-refractivity contribution in [1.82, 2.24) is 0 Å². The van der Waals surface area contributed by atoms with Crippen molar-refractivity contribution in [2.24, 2.45) is 5.92 Å². The molecule has 2 aromatic carbocycles. The van der Waals surface area contributed by atoms with Gasteiger partial charge in [0, 0.05) is 0 Å². The zero-order chi connectivity index (χ0) is 15.1. The molecule has 0 fully saturated rings. The number of aryl methyl sites for hydroxylation is 2. The van der Waals surface area contributed by atoms with E-state index in [2.05, 4.69) is 56.3 Å². The minimum Gasteiger partial charge on any atom is -0.0761 e. The molecule has 0 saturated carbocycles. The Bertz CT molecular complexity index is 839. The Kier molecular flexibility index (Phi) is 3.41. The molecule has 0 radical (unpaired) electrons. The number of fused-ring (bicyclic) bond motifs is 2. The van der Waals surface area contributed by atoms with E-state index in [9.17, 15) is 0 Å². The molecule has 0 aromatic heterocycles. The van der Waals surface area contributed by atoms with Crippen molar-refractivity contribution in [1.29, 1.82) is 0 Å². The molecule has 0 heteroatoms. The van der Waals surface area contributed by atoms with Crippen LogP contribution in [0.1, 0.15) is 48.4 Å². The Morgan fingerprint density at radius 3 is 2.68 bits per heavy atom. The van der Waals surface area contributed by atoms with Gasteiger partial charge in [-0.05, 0) is 83.2 Å². The van der Waals surface area contributed by atoms with E-state index in [1.54, 1.807) is 22.3 Å². The van der Waals surface area contributed by atoms with Gasteiger partial charge in [-0.25, -0.2) is 0 Å². The van der Waals surface area contributed by atoms with Crippen LogP contribution in [0.3, 0.4) is 0 Å². The smallest absolute Gasteiger partial charge is 0.0143 e. The zero-order valence-corrected chi connectivity index (χ0v) is 13.7. The second kappa shape index (κ2) is 5.43. The molecule has 0 unspecified atom stereocenters. The molecular formula is C22H24. The number of benzene rings is 2. The van der Waals surface area contributed by atoms with Crippen LogP contribution in [0, 0.1) is 12.8 Å². The fraction of sp³-hybridized carbons (Fsp3) is 0.364. The van der Waals surface area contributed by atoms with Gasteiger partial charge in [0.1, 0.15) is 0 Å². The van der Waals surface area contributed by atoms with Crippen molar-refractivity contribution in [3.05, 3.63) is 69.1 Å². The average molecular weight is 288 g/mol. The van der Waals surface area contributed by atoms with Crippen LogP contribution in [0.15, 0.2) is 36.4 Å². The summed E-state index contributed by atoms with van der Waals surface area (Å²) < 4.78 is 0. The van der Waals surface area contributed by atoms with Gasteiger partial charge in [-0.15, -0.1) is 0 Å². The maximum atomic E-state index is 2.41. The largest absolute Gasteiger partial charge is 0.0761 e. The third kappa shape index (κ3) is 2.13. The standard InChI is InChI=1S/C22H24/c1-15-11-13-17-7-3-5-9-19(17)21(15)22-16(2)12-14-18-8-4-6-10-20(18)22/h3,5,7,9,12-15H,4,6,8,10-11H2,1-2H3/t15-/m1/s1. The van der Waals surface area contributed by atoms with Crippen molar-refractivity contribution >= 4 is 11.6 Å². The summed E-state index contributed by atoms with van der Waals surface area (Å²) in [4.78, 5) is 0. The average Bonchev–Trinajstić information content (AvgIpc) is 2.56. The lowest BCUT2D eigenvalue weighted by Gasteiger charge is -2.27. The van der Waals surface area contributed by atoms with Crippen molar-refractivity contribution in [2.45, 2.75) is 46.0 Å². The number of hydrogen-bond acceptors (Lipinski definition) is 0.